The van der Waals surface area contributed by atoms with Crippen LogP contribution >= 0.6 is 11.6 Å². The van der Waals surface area contributed by atoms with Gasteiger partial charge in [0, 0.05) is 11.4 Å². The molecular formula is C15H12ClN5. The lowest BCUT2D eigenvalue weighted by atomic mass is 10.2. The maximum absolute atomic E-state index is 9.38. The molecule has 0 amide bonds. The Balaban J connectivity index is 2.12. The highest BCUT2D eigenvalue weighted by Crippen LogP contribution is 2.25. The smallest absolute Gasteiger partial charge is 0.177 e. The molecule has 3 aromatic rings. The number of nitriles is 1. The second kappa shape index (κ2) is 5.08. The van der Waals surface area contributed by atoms with Gasteiger partial charge in [0.25, 0.3) is 0 Å². The van der Waals surface area contributed by atoms with Crippen LogP contribution in [-0.4, -0.2) is 14.6 Å². The third kappa shape index (κ3) is 2.41. The molecule has 2 aromatic heterocycles. The largest absolute Gasteiger partial charge is 0.338 e. The Morgan fingerprint density at radius 2 is 1.95 bits per heavy atom. The summed E-state index contributed by atoms with van der Waals surface area (Å²) in [5.74, 6) is 0.446. The van der Waals surface area contributed by atoms with Gasteiger partial charge in [-0.1, -0.05) is 29.3 Å². The molecule has 0 aliphatic heterocycles. The van der Waals surface area contributed by atoms with Gasteiger partial charge in [-0.2, -0.15) is 5.26 Å². The summed E-state index contributed by atoms with van der Waals surface area (Å²) in [6, 6.07) is 11.7. The monoisotopic (exact) mass is 297 g/mol. The summed E-state index contributed by atoms with van der Waals surface area (Å²) < 4.78 is 1.46. The van der Waals surface area contributed by atoms with Crippen molar-refractivity contribution < 1.29 is 0 Å². The van der Waals surface area contributed by atoms with Crippen molar-refractivity contribution in [3.8, 4) is 6.07 Å². The Hall–Kier alpha value is -2.58. The summed E-state index contributed by atoms with van der Waals surface area (Å²) in [6.07, 6.45) is 0. The fraction of sp³-hybridized carbons (Fsp3) is 0.133. The minimum absolute atomic E-state index is 0.376. The molecule has 0 bridgehead atoms. The van der Waals surface area contributed by atoms with Crippen molar-refractivity contribution in [1.82, 2.24) is 14.6 Å². The number of nitrogens with zero attached hydrogens (tertiary/aromatic N) is 4. The van der Waals surface area contributed by atoms with Gasteiger partial charge in [0.1, 0.15) is 16.8 Å². The van der Waals surface area contributed by atoms with E-state index in [1.54, 1.807) is 6.07 Å². The van der Waals surface area contributed by atoms with Gasteiger partial charge in [-0.05, 0) is 32.0 Å². The first-order chi connectivity index (χ1) is 10.1. The van der Waals surface area contributed by atoms with Crippen molar-refractivity contribution in [2.24, 2.45) is 0 Å². The molecule has 2 heterocycles. The average Bonchev–Trinajstić information content (AvgIpc) is 2.79. The predicted octanol–water partition coefficient (Wildman–Crippen LogP) is 3.61. The van der Waals surface area contributed by atoms with Gasteiger partial charge in [-0.3, -0.25) is 0 Å². The van der Waals surface area contributed by atoms with Gasteiger partial charge in [0.2, 0.25) is 0 Å². The molecule has 0 saturated heterocycles. The molecule has 3 rings (SSSR count). The quantitative estimate of drug-likeness (QED) is 0.734. The van der Waals surface area contributed by atoms with E-state index in [9.17, 15) is 5.26 Å². The highest BCUT2D eigenvalue weighted by Gasteiger charge is 2.16. The topological polar surface area (TPSA) is 66.0 Å². The summed E-state index contributed by atoms with van der Waals surface area (Å²) in [5, 5.41) is 17.3. The second-order valence-electron chi connectivity index (χ2n) is 4.78. The van der Waals surface area contributed by atoms with Crippen LogP contribution in [0.4, 0.5) is 11.5 Å². The summed E-state index contributed by atoms with van der Waals surface area (Å²) in [7, 11) is 0. The Bertz CT molecular complexity index is 858. The zero-order valence-corrected chi connectivity index (χ0v) is 12.3. The lowest BCUT2D eigenvalue weighted by Gasteiger charge is -2.03. The summed E-state index contributed by atoms with van der Waals surface area (Å²) in [4.78, 5) is 4.34. The first-order valence-electron chi connectivity index (χ1n) is 6.38. The zero-order chi connectivity index (χ0) is 15.0. The number of benzene rings is 1. The van der Waals surface area contributed by atoms with Crippen LogP contribution in [0.3, 0.4) is 0 Å². The summed E-state index contributed by atoms with van der Waals surface area (Å²) >= 11 is 6.15. The van der Waals surface area contributed by atoms with E-state index in [4.69, 9.17) is 11.6 Å². The molecule has 1 aromatic carbocycles. The maximum Gasteiger partial charge on any atom is 0.177 e. The number of aromatic nitrogens is 3. The van der Waals surface area contributed by atoms with Gasteiger partial charge in [0.05, 0.1) is 0 Å². The Morgan fingerprint density at radius 1 is 1.24 bits per heavy atom. The Morgan fingerprint density at radius 3 is 2.62 bits per heavy atom. The normalized spacial score (nSPS) is 10.6. The molecule has 0 radical (unpaired) electrons. The number of fused-ring (bicyclic) bond motifs is 1. The van der Waals surface area contributed by atoms with E-state index < -0.39 is 0 Å². The lowest BCUT2D eigenvalue weighted by Crippen LogP contribution is -1.95. The molecule has 0 saturated carbocycles. The molecule has 1 N–H and O–H groups in total. The van der Waals surface area contributed by atoms with Crippen molar-refractivity contribution in [1.29, 1.82) is 5.26 Å². The summed E-state index contributed by atoms with van der Waals surface area (Å²) in [6.45, 7) is 3.84. The number of aryl methyl sites for hydroxylation is 2. The predicted molar refractivity (Wildman–Crippen MR) is 81.9 cm³/mol. The van der Waals surface area contributed by atoms with E-state index in [1.165, 1.54) is 4.52 Å². The number of hydrogen-bond donors (Lipinski definition) is 1. The third-order valence-corrected chi connectivity index (χ3v) is 3.37. The van der Waals surface area contributed by atoms with E-state index in [-0.39, 0.29) is 0 Å². The number of hydrogen-bond acceptors (Lipinski definition) is 4. The van der Waals surface area contributed by atoms with Crippen LogP contribution in [0.5, 0.6) is 0 Å². The molecule has 6 heteroatoms. The van der Waals surface area contributed by atoms with E-state index in [0.29, 0.717) is 22.2 Å². The fourth-order valence-electron chi connectivity index (χ4n) is 2.06. The van der Waals surface area contributed by atoms with E-state index in [2.05, 4.69) is 21.5 Å². The van der Waals surface area contributed by atoms with Crippen molar-refractivity contribution in [3.63, 3.8) is 0 Å². The summed E-state index contributed by atoms with van der Waals surface area (Å²) in [5.41, 5.74) is 3.59. The van der Waals surface area contributed by atoms with Crippen molar-refractivity contribution in [2.75, 3.05) is 5.32 Å². The van der Waals surface area contributed by atoms with Gasteiger partial charge in [-0.25, -0.2) is 9.50 Å². The van der Waals surface area contributed by atoms with Crippen LogP contribution in [0.25, 0.3) is 5.65 Å². The number of halogens is 1. The van der Waals surface area contributed by atoms with Crippen LogP contribution in [0.15, 0.2) is 30.3 Å². The molecule has 5 nitrogen and oxygen atoms in total. The molecule has 21 heavy (non-hydrogen) atoms. The highest BCUT2D eigenvalue weighted by molar-refractivity contribution is 6.29. The van der Waals surface area contributed by atoms with Gasteiger partial charge < -0.3 is 5.32 Å². The molecule has 0 aliphatic rings. The van der Waals surface area contributed by atoms with Crippen LogP contribution in [0.2, 0.25) is 5.15 Å². The average molecular weight is 298 g/mol. The molecule has 104 valence electrons. The van der Waals surface area contributed by atoms with Gasteiger partial charge >= 0.3 is 0 Å². The SMILES string of the molecule is Cc1ccc(Nc2nn3c(Cl)cc(C)nc3c2C#N)cc1. The molecule has 0 unspecified atom stereocenters. The maximum atomic E-state index is 9.38. The third-order valence-electron chi connectivity index (χ3n) is 3.10. The Kier molecular flexibility index (Phi) is 3.24. The van der Waals surface area contributed by atoms with Gasteiger partial charge in [-0.15, -0.1) is 5.10 Å². The van der Waals surface area contributed by atoms with Crippen LogP contribution in [0.1, 0.15) is 16.8 Å². The highest BCUT2D eigenvalue weighted by atomic mass is 35.5. The Labute approximate surface area is 126 Å². The molecule has 0 aliphatic carbocycles. The molecular weight excluding hydrogens is 286 g/mol. The number of nitrogens with one attached hydrogen (secondary N) is 1. The van der Waals surface area contributed by atoms with Crippen molar-refractivity contribution in [2.45, 2.75) is 13.8 Å². The first kappa shape index (κ1) is 13.4. The van der Waals surface area contributed by atoms with Gasteiger partial charge in [0.15, 0.2) is 11.5 Å². The van der Waals surface area contributed by atoms with E-state index in [0.717, 1.165) is 16.9 Å². The number of anilines is 2. The molecule has 0 fully saturated rings. The minimum Gasteiger partial charge on any atom is -0.338 e. The molecule has 0 atom stereocenters. The fourth-order valence-corrected chi connectivity index (χ4v) is 2.33. The van der Waals surface area contributed by atoms with E-state index >= 15 is 0 Å². The first-order valence-corrected chi connectivity index (χ1v) is 6.76. The number of rotatable bonds is 2. The molecule has 0 spiro atoms. The zero-order valence-electron chi connectivity index (χ0n) is 11.6. The van der Waals surface area contributed by atoms with Crippen molar-refractivity contribution >= 4 is 28.8 Å². The van der Waals surface area contributed by atoms with E-state index in [1.807, 2.05) is 38.1 Å². The lowest BCUT2D eigenvalue weighted by molar-refractivity contribution is 0.933. The van der Waals surface area contributed by atoms with Crippen LogP contribution in [-0.2, 0) is 0 Å². The van der Waals surface area contributed by atoms with Crippen LogP contribution < -0.4 is 5.32 Å². The van der Waals surface area contributed by atoms with Crippen molar-refractivity contribution in [3.05, 3.63) is 52.3 Å². The minimum atomic E-state index is 0.376. The second-order valence-corrected chi connectivity index (χ2v) is 5.17. The van der Waals surface area contributed by atoms with Crippen LogP contribution in [0, 0.1) is 25.2 Å². The standard InChI is InChI=1S/C15H12ClN5/c1-9-3-5-11(6-4-9)19-14-12(8-17)15-18-10(2)7-13(16)21(15)20-14/h3-7H,1-2H3,(H,19,20).